The van der Waals surface area contributed by atoms with E-state index in [-0.39, 0.29) is 5.82 Å². The van der Waals surface area contributed by atoms with Gasteiger partial charge in [-0.05, 0) is 69.4 Å². The van der Waals surface area contributed by atoms with Crippen molar-refractivity contribution in [3.05, 3.63) is 35.6 Å². The van der Waals surface area contributed by atoms with Crippen LogP contribution in [0.4, 0.5) is 4.39 Å². The van der Waals surface area contributed by atoms with Gasteiger partial charge in [-0.1, -0.05) is 39.8 Å². The summed E-state index contributed by atoms with van der Waals surface area (Å²) in [4.78, 5) is 4.74. The molecule has 1 aromatic rings. The second-order valence-corrected chi connectivity index (χ2v) is 7.93. The van der Waals surface area contributed by atoms with Crippen LogP contribution in [-0.4, -0.2) is 49.6 Å². The Morgan fingerprint density at radius 2 is 1.67 bits per heavy atom. The van der Waals surface area contributed by atoms with Gasteiger partial charge in [-0.25, -0.2) is 4.39 Å². The van der Waals surface area contributed by atoms with Crippen LogP contribution in [0.1, 0.15) is 58.9 Å². The second kappa shape index (κ2) is 9.53. The summed E-state index contributed by atoms with van der Waals surface area (Å²) in [5.41, 5.74) is 1.83. The second-order valence-electron chi connectivity index (χ2n) is 7.93. The lowest BCUT2D eigenvalue weighted by Gasteiger charge is -2.15. The molecule has 0 aliphatic carbocycles. The van der Waals surface area contributed by atoms with E-state index in [2.05, 4.69) is 44.7 Å². The van der Waals surface area contributed by atoms with Gasteiger partial charge in [-0.15, -0.1) is 0 Å². The van der Waals surface area contributed by atoms with Crippen LogP contribution < -0.4 is 0 Å². The summed E-state index contributed by atoms with van der Waals surface area (Å²) in [5.74, 6) is 0.459. The minimum Gasteiger partial charge on any atom is -0.306 e. The van der Waals surface area contributed by atoms with Crippen LogP contribution in [0.3, 0.4) is 0 Å². The van der Waals surface area contributed by atoms with Crippen molar-refractivity contribution in [3.8, 4) is 0 Å². The van der Waals surface area contributed by atoms with Crippen molar-refractivity contribution in [2.24, 2.45) is 5.41 Å². The monoisotopic (exact) mass is 336 g/mol. The van der Waals surface area contributed by atoms with E-state index in [9.17, 15) is 4.39 Å². The van der Waals surface area contributed by atoms with Gasteiger partial charge in [0.2, 0.25) is 0 Å². The van der Waals surface area contributed by atoms with E-state index in [1.807, 2.05) is 26.0 Å². The zero-order chi connectivity index (χ0) is 18.3. The number of nitrogens with zero attached hydrogens (tertiary/aromatic N) is 2. The van der Waals surface area contributed by atoms with Gasteiger partial charge in [0.15, 0.2) is 0 Å². The highest BCUT2D eigenvalue weighted by atomic mass is 19.1. The molecule has 2 fully saturated rings. The number of benzene rings is 1. The van der Waals surface area contributed by atoms with Gasteiger partial charge in [0.1, 0.15) is 5.82 Å². The molecule has 2 aliphatic heterocycles. The molecule has 0 spiro atoms. The van der Waals surface area contributed by atoms with Crippen molar-refractivity contribution in [2.75, 3.05) is 33.7 Å². The third-order valence-corrected chi connectivity index (χ3v) is 5.01. The minimum absolute atomic E-state index is 0.143. The zero-order valence-corrected chi connectivity index (χ0v) is 16.8. The van der Waals surface area contributed by atoms with Crippen LogP contribution >= 0.6 is 0 Å². The predicted octanol–water partition coefficient (Wildman–Crippen LogP) is 5.01. The smallest absolute Gasteiger partial charge is 0.123 e. The van der Waals surface area contributed by atoms with Gasteiger partial charge in [-0.2, -0.15) is 0 Å². The molecule has 0 bridgehead atoms. The van der Waals surface area contributed by atoms with Crippen molar-refractivity contribution in [1.29, 1.82) is 0 Å². The zero-order valence-electron chi connectivity index (χ0n) is 16.8. The van der Waals surface area contributed by atoms with Crippen molar-refractivity contribution in [2.45, 2.75) is 59.4 Å². The Morgan fingerprint density at radius 1 is 1.08 bits per heavy atom. The van der Waals surface area contributed by atoms with Crippen LogP contribution in [0.25, 0.3) is 0 Å². The van der Waals surface area contributed by atoms with E-state index < -0.39 is 0 Å². The van der Waals surface area contributed by atoms with Crippen molar-refractivity contribution < 1.29 is 4.39 Å². The lowest BCUT2D eigenvalue weighted by molar-refractivity contribution is 0.308. The maximum Gasteiger partial charge on any atom is 0.123 e. The highest BCUT2D eigenvalue weighted by Crippen LogP contribution is 2.32. The molecule has 2 nitrogen and oxygen atoms in total. The molecule has 1 aromatic carbocycles. The quantitative estimate of drug-likeness (QED) is 0.711. The molecule has 2 atom stereocenters. The van der Waals surface area contributed by atoms with E-state index in [0.29, 0.717) is 11.3 Å². The lowest BCUT2D eigenvalue weighted by Crippen LogP contribution is -2.22. The van der Waals surface area contributed by atoms with Crippen LogP contribution in [-0.2, 0) is 0 Å². The van der Waals surface area contributed by atoms with Crippen molar-refractivity contribution in [1.82, 2.24) is 9.80 Å². The van der Waals surface area contributed by atoms with Gasteiger partial charge >= 0.3 is 0 Å². The first kappa shape index (κ1) is 21.1. The first-order valence-corrected chi connectivity index (χ1v) is 9.41. The molecule has 2 heterocycles. The SMILES string of the molecule is CC.CC1CC(C)(C)CN1C.CN1CCC(c2ccc(F)cc2)C1. The first-order valence-electron chi connectivity index (χ1n) is 9.41. The molecule has 0 saturated carbocycles. The number of hydrogen-bond acceptors (Lipinski definition) is 2. The van der Waals surface area contributed by atoms with Crippen molar-refractivity contribution >= 4 is 0 Å². The molecular formula is C21H37FN2. The highest BCUT2D eigenvalue weighted by molar-refractivity contribution is 5.21. The average Bonchev–Trinajstić information content (AvgIpc) is 3.05. The fourth-order valence-electron chi connectivity index (χ4n) is 3.79. The standard InChI is InChI=1S/C11H14FN.C8H17N.C2H6/c1-13-7-6-10(8-13)9-2-4-11(12)5-3-9;1-7-5-8(2,3)6-9(7)4;1-2/h2-5,10H,6-8H2,1H3;7H,5-6H2,1-4H3;1-2H3. The maximum atomic E-state index is 12.6. The van der Waals surface area contributed by atoms with Gasteiger partial charge in [0, 0.05) is 19.1 Å². The summed E-state index contributed by atoms with van der Waals surface area (Å²) >= 11 is 0. The number of halogens is 1. The molecule has 24 heavy (non-hydrogen) atoms. The Kier molecular flexibility index (Phi) is 8.38. The average molecular weight is 337 g/mol. The lowest BCUT2D eigenvalue weighted by atomic mass is 9.91. The molecule has 0 amide bonds. The Hall–Kier alpha value is -0.930. The topological polar surface area (TPSA) is 6.48 Å². The molecule has 2 aliphatic rings. The fourth-order valence-corrected chi connectivity index (χ4v) is 3.79. The predicted molar refractivity (Wildman–Crippen MR) is 103 cm³/mol. The van der Waals surface area contributed by atoms with Crippen LogP contribution in [0.15, 0.2) is 24.3 Å². The third-order valence-electron chi connectivity index (χ3n) is 5.01. The largest absolute Gasteiger partial charge is 0.306 e. The minimum atomic E-state index is -0.143. The molecule has 2 saturated heterocycles. The Labute approximate surface area is 149 Å². The van der Waals surface area contributed by atoms with Gasteiger partial charge < -0.3 is 9.80 Å². The summed E-state index contributed by atoms with van der Waals surface area (Å²) in [6, 6.07) is 7.69. The Bertz CT molecular complexity index is 457. The summed E-state index contributed by atoms with van der Waals surface area (Å²) in [5, 5.41) is 0. The van der Waals surface area contributed by atoms with Gasteiger partial charge in [-0.3, -0.25) is 0 Å². The van der Waals surface area contributed by atoms with E-state index in [1.165, 1.54) is 24.9 Å². The number of rotatable bonds is 1. The molecule has 0 aromatic heterocycles. The normalized spacial score (nSPS) is 26.3. The Morgan fingerprint density at radius 3 is 2.00 bits per heavy atom. The van der Waals surface area contributed by atoms with Gasteiger partial charge in [0.05, 0.1) is 0 Å². The van der Waals surface area contributed by atoms with E-state index in [0.717, 1.165) is 19.1 Å². The fraction of sp³-hybridized carbons (Fsp3) is 0.714. The Balaban J connectivity index is 0.000000230. The van der Waals surface area contributed by atoms with E-state index >= 15 is 0 Å². The summed E-state index contributed by atoms with van der Waals surface area (Å²) in [6.45, 7) is 14.5. The molecule has 3 heteroatoms. The van der Waals surface area contributed by atoms with Crippen molar-refractivity contribution in [3.63, 3.8) is 0 Å². The van der Waals surface area contributed by atoms with Crippen LogP contribution in [0.2, 0.25) is 0 Å². The number of likely N-dealkylation sites (tertiary alicyclic amines) is 2. The molecular weight excluding hydrogens is 299 g/mol. The van der Waals surface area contributed by atoms with E-state index in [1.54, 1.807) is 12.1 Å². The molecule has 138 valence electrons. The van der Waals surface area contributed by atoms with Gasteiger partial charge in [0.25, 0.3) is 0 Å². The molecule has 3 rings (SSSR count). The summed E-state index contributed by atoms with van der Waals surface area (Å²) in [7, 11) is 4.34. The third kappa shape index (κ3) is 6.52. The molecule has 2 unspecified atom stereocenters. The number of hydrogen-bond donors (Lipinski definition) is 0. The first-order chi connectivity index (χ1) is 11.3. The summed E-state index contributed by atoms with van der Waals surface area (Å²) in [6.07, 6.45) is 2.55. The van der Waals surface area contributed by atoms with Crippen LogP contribution in [0, 0.1) is 11.2 Å². The highest BCUT2D eigenvalue weighted by Gasteiger charge is 2.31. The molecule has 0 radical (unpaired) electrons. The number of likely N-dealkylation sites (N-methyl/N-ethyl adjacent to an activating group) is 1. The van der Waals surface area contributed by atoms with Crippen LogP contribution in [0.5, 0.6) is 0 Å². The van der Waals surface area contributed by atoms with E-state index in [4.69, 9.17) is 0 Å². The summed E-state index contributed by atoms with van der Waals surface area (Å²) < 4.78 is 12.6. The maximum absolute atomic E-state index is 12.6. The molecule has 0 N–H and O–H groups in total.